The highest BCUT2D eigenvalue weighted by Gasteiger charge is 2.09. The van der Waals surface area contributed by atoms with Crippen LogP contribution in [-0.4, -0.2) is 40.6 Å². The van der Waals surface area contributed by atoms with Crippen LogP contribution in [0.5, 0.6) is 0 Å². The van der Waals surface area contributed by atoms with E-state index in [2.05, 4.69) is 5.10 Å². The summed E-state index contributed by atoms with van der Waals surface area (Å²) in [6, 6.07) is 0. The minimum absolute atomic E-state index is 0.427. The van der Waals surface area contributed by atoms with E-state index in [1.54, 1.807) is 0 Å². The molecule has 0 unspecified atom stereocenters. The Labute approximate surface area is 67.4 Å². The lowest BCUT2D eigenvalue weighted by Gasteiger charge is -2.11. The Morgan fingerprint density at radius 2 is 2.33 bits per heavy atom. The summed E-state index contributed by atoms with van der Waals surface area (Å²) < 4.78 is 0. The number of nitrogens with two attached hydrogens (primary N) is 1. The van der Waals surface area contributed by atoms with Crippen molar-refractivity contribution in [2.45, 2.75) is 0 Å². The molecule has 0 fully saturated rings. The molecule has 0 aromatic carbocycles. The summed E-state index contributed by atoms with van der Waals surface area (Å²) in [5.41, 5.74) is 5.04. The number of hydrogen-bond acceptors (Lipinski definition) is 3. The van der Waals surface area contributed by atoms with Gasteiger partial charge in [0.2, 0.25) is 0 Å². The maximum atomic E-state index is 10.1. The Morgan fingerprint density at radius 3 is 2.67 bits per heavy atom. The van der Waals surface area contributed by atoms with Crippen molar-refractivity contribution < 1.29 is 14.9 Å². The van der Waals surface area contributed by atoms with Crippen LogP contribution < -0.4 is 5.73 Å². The molecule has 0 heterocycles. The molecule has 8 nitrogen and oxygen atoms in total. The molecule has 0 saturated heterocycles. The number of aliphatic carboxylic acids is 1. The highest BCUT2D eigenvalue weighted by Crippen LogP contribution is 1.82. The van der Waals surface area contributed by atoms with Crippen LogP contribution in [0.3, 0.4) is 0 Å². The summed E-state index contributed by atoms with van der Waals surface area (Å²) in [5, 5.41) is 19.7. The quantitative estimate of drug-likeness (QED) is 0.234. The van der Waals surface area contributed by atoms with E-state index >= 15 is 0 Å². The number of hydrazone groups is 1. The van der Waals surface area contributed by atoms with Gasteiger partial charge in [0, 0.05) is 7.05 Å². The second kappa shape index (κ2) is 4.11. The largest absolute Gasteiger partial charge is 0.480 e. The number of carbonyl (C=O) groups is 1. The van der Waals surface area contributed by atoms with Gasteiger partial charge in [0.15, 0.2) is 5.03 Å². The van der Waals surface area contributed by atoms with Gasteiger partial charge in [-0.15, -0.1) is 0 Å². The third kappa shape index (κ3) is 4.04. The predicted molar refractivity (Wildman–Crippen MR) is 38.9 cm³/mol. The molecule has 8 heteroatoms. The second-order valence-corrected chi connectivity index (χ2v) is 1.95. The van der Waals surface area contributed by atoms with Crippen LogP contribution in [0.25, 0.3) is 0 Å². The van der Waals surface area contributed by atoms with Crippen molar-refractivity contribution in [2.75, 3.05) is 13.6 Å². The molecule has 0 aliphatic heterocycles. The van der Waals surface area contributed by atoms with Gasteiger partial charge >= 0.3 is 5.97 Å². The van der Waals surface area contributed by atoms with Crippen LogP contribution in [0, 0.1) is 10.1 Å². The van der Waals surface area contributed by atoms with Gasteiger partial charge in [-0.1, -0.05) is 0 Å². The number of carboxylic acid groups (broad SMARTS) is 1. The molecule has 0 rings (SSSR count). The van der Waals surface area contributed by atoms with Crippen LogP contribution in [0.15, 0.2) is 5.10 Å². The van der Waals surface area contributed by atoms with E-state index in [1.807, 2.05) is 0 Å². The molecule has 0 aliphatic carbocycles. The van der Waals surface area contributed by atoms with Gasteiger partial charge in [0.1, 0.15) is 11.6 Å². The third-order valence-electron chi connectivity index (χ3n) is 0.948. The van der Waals surface area contributed by atoms with Crippen LogP contribution in [-0.2, 0) is 4.79 Å². The molecule has 0 bridgehead atoms. The molecule has 68 valence electrons. The first-order valence-corrected chi connectivity index (χ1v) is 2.85. The maximum Gasteiger partial charge on any atom is 0.323 e. The summed E-state index contributed by atoms with van der Waals surface area (Å²) in [6.45, 7) is -0.427. The first kappa shape index (κ1) is 10.1. The molecule has 3 N–H and O–H groups in total. The number of carboxylic acids is 1. The molecular weight excluding hydrogens is 168 g/mol. The molecule has 0 spiro atoms. The minimum atomic E-state index is -1.14. The van der Waals surface area contributed by atoms with Crippen LogP contribution in [0.2, 0.25) is 0 Å². The van der Waals surface area contributed by atoms with Crippen molar-refractivity contribution in [3.8, 4) is 0 Å². The maximum absolute atomic E-state index is 10.1. The Bertz CT molecular complexity index is 225. The van der Waals surface area contributed by atoms with Crippen LogP contribution >= 0.6 is 0 Å². The highest BCUT2D eigenvalue weighted by molar-refractivity contribution is 5.81. The van der Waals surface area contributed by atoms with E-state index in [9.17, 15) is 14.9 Å². The Balaban J connectivity index is 4.18. The summed E-state index contributed by atoms with van der Waals surface area (Å²) in [4.78, 5) is 20.8. The molecule has 0 aromatic heterocycles. The summed E-state index contributed by atoms with van der Waals surface area (Å²) in [6.07, 6.45) is 0. The van der Waals surface area contributed by atoms with E-state index < -0.39 is 23.5 Å². The summed E-state index contributed by atoms with van der Waals surface area (Å²) in [5.74, 6) is -1.58. The van der Waals surface area contributed by atoms with Gasteiger partial charge < -0.3 is 15.7 Å². The molecule has 0 amide bonds. The molecule has 0 radical (unpaired) electrons. The minimum Gasteiger partial charge on any atom is -0.480 e. The molecule has 0 aliphatic rings. The van der Waals surface area contributed by atoms with Crippen molar-refractivity contribution >= 4 is 11.9 Å². The molecule has 12 heavy (non-hydrogen) atoms. The zero-order valence-corrected chi connectivity index (χ0v) is 6.30. The van der Waals surface area contributed by atoms with Gasteiger partial charge in [0.25, 0.3) is 5.96 Å². The lowest BCUT2D eigenvalue weighted by Crippen LogP contribution is -2.38. The van der Waals surface area contributed by atoms with E-state index in [1.165, 1.54) is 7.05 Å². The lowest BCUT2D eigenvalue weighted by atomic mass is 10.6. The van der Waals surface area contributed by atoms with Gasteiger partial charge in [0.05, 0.1) is 0 Å². The third-order valence-corrected chi connectivity index (χ3v) is 0.948. The lowest BCUT2D eigenvalue weighted by molar-refractivity contribution is -0.485. The fraction of sp³-hybridized carbons (Fsp3) is 0.500. The zero-order valence-electron chi connectivity index (χ0n) is 6.30. The number of nitro groups is 1. The number of hydrogen-bond donors (Lipinski definition) is 2. The first-order chi connectivity index (χ1) is 5.43. The molecule has 0 saturated carbocycles. The second-order valence-electron chi connectivity index (χ2n) is 1.95. The van der Waals surface area contributed by atoms with Crippen molar-refractivity contribution in [3.63, 3.8) is 0 Å². The van der Waals surface area contributed by atoms with Gasteiger partial charge in [-0.25, -0.2) is 10.1 Å². The van der Waals surface area contributed by atoms with E-state index in [0.29, 0.717) is 0 Å². The number of nitrogens with zero attached hydrogens (tertiary/aromatic N) is 3. The van der Waals surface area contributed by atoms with Gasteiger partial charge in [-0.2, -0.15) is 0 Å². The standard InChI is InChI=1S/C4H8N4O4/c1-7(2-3(9)10)4(5)6-8(11)12/h2H2,1H3,(H2,5,6)(H,9,10). The van der Waals surface area contributed by atoms with Gasteiger partial charge in [-0.3, -0.25) is 4.79 Å². The topological polar surface area (TPSA) is 122 Å². The zero-order chi connectivity index (χ0) is 9.72. The van der Waals surface area contributed by atoms with E-state index in [4.69, 9.17) is 10.8 Å². The fourth-order valence-corrected chi connectivity index (χ4v) is 0.444. The normalized spacial score (nSPS) is 10.9. The summed E-state index contributed by atoms with van der Waals surface area (Å²) >= 11 is 0. The van der Waals surface area contributed by atoms with Crippen molar-refractivity contribution in [1.29, 1.82) is 0 Å². The highest BCUT2D eigenvalue weighted by atomic mass is 16.7. The van der Waals surface area contributed by atoms with E-state index in [-0.39, 0.29) is 0 Å². The summed E-state index contributed by atoms with van der Waals surface area (Å²) in [7, 11) is 1.29. The fourth-order valence-electron chi connectivity index (χ4n) is 0.444. The van der Waals surface area contributed by atoms with Crippen LogP contribution in [0.4, 0.5) is 0 Å². The molecule has 0 aromatic rings. The average molecular weight is 176 g/mol. The predicted octanol–water partition coefficient (Wildman–Crippen LogP) is -1.49. The van der Waals surface area contributed by atoms with E-state index in [0.717, 1.165) is 4.90 Å². The average Bonchev–Trinajstić information content (AvgIpc) is 1.84. The van der Waals surface area contributed by atoms with Gasteiger partial charge in [-0.05, 0) is 0 Å². The van der Waals surface area contributed by atoms with Crippen molar-refractivity contribution in [1.82, 2.24) is 4.90 Å². The first-order valence-electron chi connectivity index (χ1n) is 2.85. The number of rotatable bonds is 3. The van der Waals surface area contributed by atoms with Crippen molar-refractivity contribution in [2.24, 2.45) is 10.8 Å². The molecule has 0 atom stereocenters. The molecular formula is C4H8N4O4. The Kier molecular flexibility index (Phi) is 3.47. The monoisotopic (exact) mass is 176 g/mol. The van der Waals surface area contributed by atoms with Crippen LogP contribution in [0.1, 0.15) is 0 Å². The number of likely N-dealkylation sites (N-methyl/N-ethyl adjacent to an activating group) is 1. The Hall–Kier alpha value is -1.86. The smallest absolute Gasteiger partial charge is 0.323 e. The Morgan fingerprint density at radius 1 is 1.83 bits per heavy atom. The van der Waals surface area contributed by atoms with Crippen molar-refractivity contribution in [3.05, 3.63) is 10.1 Å². The number of guanidine groups is 1. The SMILES string of the molecule is CN(CC(=O)O)/C(N)=N/[N+](=O)[O-].